The molecule has 1 amide bonds. The summed E-state index contributed by atoms with van der Waals surface area (Å²) in [4.78, 5) is 22.8. The number of carbonyl (C=O) groups excluding carboxylic acids is 2. The maximum atomic E-state index is 11.9. The Kier molecular flexibility index (Phi) is 4.56. The van der Waals surface area contributed by atoms with Crippen molar-refractivity contribution in [2.24, 2.45) is 5.73 Å². The molecule has 0 radical (unpaired) electrons. The van der Waals surface area contributed by atoms with Crippen molar-refractivity contribution in [3.05, 3.63) is 60.2 Å². The molecule has 2 N–H and O–H groups in total. The van der Waals surface area contributed by atoms with Crippen LogP contribution < -0.4 is 10.5 Å². The van der Waals surface area contributed by atoms with Gasteiger partial charge in [-0.15, -0.1) is 0 Å². The molecule has 21 heavy (non-hydrogen) atoms. The van der Waals surface area contributed by atoms with Crippen molar-refractivity contribution in [1.29, 1.82) is 0 Å². The molecule has 1 atom stereocenters. The second kappa shape index (κ2) is 6.56. The van der Waals surface area contributed by atoms with Gasteiger partial charge in [-0.2, -0.15) is 0 Å². The molecule has 0 unspecified atom stereocenters. The van der Waals surface area contributed by atoms with Gasteiger partial charge in [0.2, 0.25) is 0 Å². The SMILES string of the molecule is C[C@H](OC(=O)c1cccc(Oc2ccccc2)c1)C(N)=O. The molecule has 0 aliphatic rings. The third-order valence-electron chi connectivity index (χ3n) is 2.73. The molecule has 0 saturated heterocycles. The van der Waals surface area contributed by atoms with Gasteiger partial charge in [-0.3, -0.25) is 4.79 Å². The molecule has 2 rings (SSSR count). The number of amides is 1. The highest BCUT2D eigenvalue weighted by Crippen LogP contribution is 2.22. The van der Waals surface area contributed by atoms with Gasteiger partial charge < -0.3 is 15.2 Å². The van der Waals surface area contributed by atoms with E-state index in [9.17, 15) is 9.59 Å². The molecule has 0 spiro atoms. The predicted molar refractivity (Wildman–Crippen MR) is 77.0 cm³/mol. The molecule has 108 valence electrons. The minimum Gasteiger partial charge on any atom is -0.457 e. The van der Waals surface area contributed by atoms with Crippen LogP contribution in [0.25, 0.3) is 0 Å². The maximum Gasteiger partial charge on any atom is 0.339 e. The monoisotopic (exact) mass is 285 g/mol. The Balaban J connectivity index is 2.10. The standard InChI is InChI=1S/C16H15NO4/c1-11(15(17)18)20-16(19)12-6-5-9-14(10-12)21-13-7-3-2-4-8-13/h2-11H,1H3,(H2,17,18)/t11-/m0/s1. The Morgan fingerprint density at radius 1 is 1.00 bits per heavy atom. The van der Waals surface area contributed by atoms with Crippen LogP contribution in [0.3, 0.4) is 0 Å². The van der Waals surface area contributed by atoms with Crippen LogP contribution in [-0.4, -0.2) is 18.0 Å². The van der Waals surface area contributed by atoms with E-state index < -0.39 is 18.0 Å². The fourth-order valence-corrected chi connectivity index (χ4v) is 1.60. The summed E-state index contributed by atoms with van der Waals surface area (Å²) >= 11 is 0. The molecule has 0 heterocycles. The van der Waals surface area contributed by atoms with Crippen molar-refractivity contribution in [3.8, 4) is 11.5 Å². The van der Waals surface area contributed by atoms with Crippen LogP contribution in [0.2, 0.25) is 0 Å². The Labute approximate surface area is 122 Å². The lowest BCUT2D eigenvalue weighted by Crippen LogP contribution is -2.30. The van der Waals surface area contributed by atoms with E-state index in [0.717, 1.165) is 0 Å². The van der Waals surface area contributed by atoms with Crippen molar-refractivity contribution in [1.82, 2.24) is 0 Å². The summed E-state index contributed by atoms with van der Waals surface area (Å²) in [5.74, 6) is -0.157. The highest BCUT2D eigenvalue weighted by atomic mass is 16.5. The van der Waals surface area contributed by atoms with Crippen LogP contribution in [0, 0.1) is 0 Å². The first-order valence-electron chi connectivity index (χ1n) is 6.39. The van der Waals surface area contributed by atoms with Gasteiger partial charge in [-0.05, 0) is 37.3 Å². The van der Waals surface area contributed by atoms with Gasteiger partial charge in [0.25, 0.3) is 5.91 Å². The summed E-state index contributed by atoms with van der Waals surface area (Å²) in [6, 6.07) is 15.7. The lowest BCUT2D eigenvalue weighted by Gasteiger charge is -2.10. The molecule has 0 aromatic heterocycles. The number of hydrogen-bond donors (Lipinski definition) is 1. The molecular formula is C16H15NO4. The zero-order valence-electron chi connectivity index (χ0n) is 11.5. The molecule has 0 fully saturated rings. The Hall–Kier alpha value is -2.82. The number of nitrogens with two attached hydrogens (primary N) is 1. The van der Waals surface area contributed by atoms with Crippen LogP contribution in [-0.2, 0) is 9.53 Å². The van der Waals surface area contributed by atoms with E-state index >= 15 is 0 Å². The average Bonchev–Trinajstić information content (AvgIpc) is 2.48. The predicted octanol–water partition coefficient (Wildman–Crippen LogP) is 2.51. The highest BCUT2D eigenvalue weighted by molar-refractivity contribution is 5.92. The third-order valence-corrected chi connectivity index (χ3v) is 2.73. The molecule has 0 bridgehead atoms. The first kappa shape index (κ1) is 14.6. The quantitative estimate of drug-likeness (QED) is 0.856. The zero-order valence-corrected chi connectivity index (χ0v) is 11.5. The van der Waals surface area contributed by atoms with Gasteiger partial charge in [0.05, 0.1) is 5.56 Å². The largest absolute Gasteiger partial charge is 0.457 e. The molecule has 2 aromatic rings. The first-order chi connectivity index (χ1) is 10.1. The van der Waals surface area contributed by atoms with Crippen molar-refractivity contribution < 1.29 is 19.1 Å². The number of benzene rings is 2. The Morgan fingerprint density at radius 3 is 2.33 bits per heavy atom. The minimum atomic E-state index is -0.976. The molecule has 2 aromatic carbocycles. The number of carbonyl (C=O) groups is 2. The number of rotatable bonds is 5. The maximum absolute atomic E-state index is 11.9. The van der Waals surface area contributed by atoms with Gasteiger partial charge in [0.15, 0.2) is 6.10 Å². The average molecular weight is 285 g/mol. The molecule has 0 saturated carbocycles. The van der Waals surface area contributed by atoms with Crippen LogP contribution in [0.5, 0.6) is 11.5 Å². The van der Waals surface area contributed by atoms with Crippen LogP contribution in [0.4, 0.5) is 0 Å². The first-order valence-corrected chi connectivity index (χ1v) is 6.39. The summed E-state index contributed by atoms with van der Waals surface area (Å²) in [6.07, 6.45) is -0.976. The van der Waals surface area contributed by atoms with Gasteiger partial charge in [0.1, 0.15) is 11.5 Å². The molecule has 0 aliphatic carbocycles. The van der Waals surface area contributed by atoms with Crippen molar-refractivity contribution in [3.63, 3.8) is 0 Å². The van der Waals surface area contributed by atoms with E-state index in [1.165, 1.54) is 6.92 Å². The van der Waals surface area contributed by atoms with E-state index in [1.807, 2.05) is 18.2 Å². The van der Waals surface area contributed by atoms with Crippen molar-refractivity contribution in [2.75, 3.05) is 0 Å². The Bertz CT molecular complexity index is 640. The van der Waals surface area contributed by atoms with E-state index in [1.54, 1.807) is 36.4 Å². The molecule has 0 aliphatic heterocycles. The summed E-state index contributed by atoms with van der Waals surface area (Å²) in [5.41, 5.74) is 5.34. The second-order valence-electron chi connectivity index (χ2n) is 4.39. The van der Waals surface area contributed by atoms with Gasteiger partial charge in [-0.1, -0.05) is 24.3 Å². The van der Waals surface area contributed by atoms with E-state index in [2.05, 4.69) is 0 Å². The number of para-hydroxylation sites is 1. The second-order valence-corrected chi connectivity index (χ2v) is 4.39. The smallest absolute Gasteiger partial charge is 0.339 e. The summed E-state index contributed by atoms with van der Waals surface area (Å²) in [7, 11) is 0. The fraction of sp³-hybridized carbons (Fsp3) is 0.125. The van der Waals surface area contributed by atoms with Crippen LogP contribution in [0.15, 0.2) is 54.6 Å². The number of hydrogen-bond acceptors (Lipinski definition) is 4. The van der Waals surface area contributed by atoms with Crippen LogP contribution >= 0.6 is 0 Å². The van der Waals surface area contributed by atoms with E-state index in [0.29, 0.717) is 11.5 Å². The minimum absolute atomic E-state index is 0.288. The molecule has 5 nitrogen and oxygen atoms in total. The lowest BCUT2D eigenvalue weighted by atomic mass is 10.2. The van der Waals surface area contributed by atoms with E-state index in [4.69, 9.17) is 15.2 Å². The van der Waals surface area contributed by atoms with Crippen molar-refractivity contribution in [2.45, 2.75) is 13.0 Å². The third kappa shape index (κ3) is 4.07. The lowest BCUT2D eigenvalue weighted by molar-refractivity contribution is -0.125. The fourth-order valence-electron chi connectivity index (χ4n) is 1.60. The van der Waals surface area contributed by atoms with Gasteiger partial charge in [-0.25, -0.2) is 4.79 Å². The summed E-state index contributed by atoms with van der Waals surface area (Å²) in [6.45, 7) is 1.42. The summed E-state index contributed by atoms with van der Waals surface area (Å²) < 4.78 is 10.6. The molecular weight excluding hydrogens is 270 g/mol. The zero-order chi connectivity index (χ0) is 15.2. The van der Waals surface area contributed by atoms with Crippen molar-refractivity contribution >= 4 is 11.9 Å². The normalized spacial score (nSPS) is 11.5. The van der Waals surface area contributed by atoms with Crippen LogP contribution in [0.1, 0.15) is 17.3 Å². The van der Waals surface area contributed by atoms with E-state index in [-0.39, 0.29) is 5.56 Å². The van der Waals surface area contributed by atoms with Gasteiger partial charge in [0, 0.05) is 0 Å². The topological polar surface area (TPSA) is 78.6 Å². The highest BCUT2D eigenvalue weighted by Gasteiger charge is 2.16. The van der Waals surface area contributed by atoms with Gasteiger partial charge >= 0.3 is 5.97 Å². The Morgan fingerprint density at radius 2 is 1.67 bits per heavy atom. The number of esters is 1. The molecule has 5 heteroatoms. The number of primary amides is 1. The summed E-state index contributed by atoms with van der Waals surface area (Å²) in [5, 5.41) is 0. The number of ether oxygens (including phenoxy) is 2.